The summed E-state index contributed by atoms with van der Waals surface area (Å²) in [5, 5.41) is 4.05. The maximum atomic E-state index is 12.4. The van der Waals surface area contributed by atoms with Crippen molar-refractivity contribution < 1.29 is 9.13 Å². The predicted octanol–water partition coefficient (Wildman–Crippen LogP) is 4.71. The zero-order chi connectivity index (χ0) is 18.6. The summed E-state index contributed by atoms with van der Waals surface area (Å²) in [6, 6.07) is 17.1. The number of fused-ring (bicyclic) bond motifs is 1. The quantitative estimate of drug-likeness (QED) is 0.559. The molecule has 0 amide bonds. The van der Waals surface area contributed by atoms with E-state index in [4.69, 9.17) is 4.74 Å². The number of ether oxygens (including phenoxy) is 1. The van der Waals surface area contributed by atoms with Crippen LogP contribution in [-0.2, 0) is 0 Å². The Labute approximate surface area is 155 Å². The van der Waals surface area contributed by atoms with E-state index in [1.165, 1.54) is 0 Å². The zero-order valence-corrected chi connectivity index (χ0v) is 14.7. The molecule has 27 heavy (non-hydrogen) atoms. The van der Waals surface area contributed by atoms with Crippen LogP contribution in [0.5, 0.6) is 5.75 Å². The van der Waals surface area contributed by atoms with Crippen molar-refractivity contribution in [3.05, 3.63) is 67.0 Å². The molecule has 0 aliphatic heterocycles. The fourth-order valence-electron chi connectivity index (χ4n) is 2.95. The molecular formula is C21H17FN4O. The topological polar surface area (TPSA) is 59.9 Å². The molecule has 1 N–H and O–H groups in total. The van der Waals surface area contributed by atoms with Gasteiger partial charge in [0.2, 0.25) is 6.86 Å². The van der Waals surface area contributed by atoms with Crippen LogP contribution in [0.2, 0.25) is 0 Å². The first-order valence-electron chi connectivity index (χ1n) is 8.47. The first-order chi connectivity index (χ1) is 13.3. The summed E-state index contributed by atoms with van der Waals surface area (Å²) in [4.78, 5) is 13.4. The summed E-state index contributed by atoms with van der Waals surface area (Å²) in [5.41, 5.74) is 3.59. The second-order valence-corrected chi connectivity index (χ2v) is 5.90. The molecule has 0 fully saturated rings. The molecular weight excluding hydrogens is 343 g/mol. The van der Waals surface area contributed by atoms with Crippen molar-refractivity contribution in [3.8, 4) is 28.3 Å². The number of halogens is 1. The van der Waals surface area contributed by atoms with Crippen LogP contribution in [0.25, 0.3) is 33.4 Å². The van der Waals surface area contributed by atoms with Gasteiger partial charge in [-0.1, -0.05) is 18.2 Å². The van der Waals surface area contributed by atoms with E-state index in [-0.39, 0.29) is 0 Å². The van der Waals surface area contributed by atoms with Gasteiger partial charge in [-0.25, -0.2) is 14.4 Å². The summed E-state index contributed by atoms with van der Waals surface area (Å²) in [6.45, 7) is -0.851. The molecule has 0 spiro atoms. The number of hydrogen-bond acceptors (Lipinski definition) is 5. The van der Waals surface area contributed by atoms with E-state index in [0.717, 1.165) is 33.4 Å². The number of rotatable bonds is 5. The molecule has 2 heterocycles. The maximum Gasteiger partial charge on any atom is 0.228 e. The Morgan fingerprint density at radius 3 is 2.59 bits per heavy atom. The van der Waals surface area contributed by atoms with Crippen LogP contribution in [0, 0.1) is 0 Å². The molecule has 6 heteroatoms. The van der Waals surface area contributed by atoms with E-state index in [1.807, 2.05) is 55.6 Å². The van der Waals surface area contributed by atoms with Gasteiger partial charge >= 0.3 is 0 Å². The molecule has 0 saturated heterocycles. The average molecular weight is 360 g/mol. The van der Waals surface area contributed by atoms with Gasteiger partial charge in [0.1, 0.15) is 11.6 Å². The van der Waals surface area contributed by atoms with Crippen LogP contribution < -0.4 is 10.1 Å². The standard InChI is InChI=1S/C21H17FN4O/c1-23-21-18-11-15(14-4-2-6-17(10-14)27-13-22)7-8-19(18)25-20(26-21)16-5-3-9-24-12-16/h2-12H,13H2,1H3,(H,23,25,26). The largest absolute Gasteiger partial charge is 0.463 e. The van der Waals surface area contributed by atoms with Crippen LogP contribution in [0.1, 0.15) is 0 Å². The SMILES string of the molecule is CNc1nc(-c2cccnc2)nc2ccc(-c3cccc(OCF)c3)cc12. The minimum atomic E-state index is -0.851. The first-order valence-corrected chi connectivity index (χ1v) is 8.47. The Bertz CT molecular complexity index is 1090. The molecule has 4 rings (SSSR count). The zero-order valence-electron chi connectivity index (χ0n) is 14.7. The highest BCUT2D eigenvalue weighted by atomic mass is 19.1. The number of anilines is 1. The molecule has 5 nitrogen and oxygen atoms in total. The molecule has 134 valence electrons. The number of nitrogens with zero attached hydrogens (tertiary/aromatic N) is 3. The highest BCUT2D eigenvalue weighted by Gasteiger charge is 2.10. The minimum absolute atomic E-state index is 0.493. The molecule has 0 saturated carbocycles. The van der Waals surface area contributed by atoms with Gasteiger partial charge in [-0.15, -0.1) is 0 Å². The number of hydrogen-bond donors (Lipinski definition) is 1. The minimum Gasteiger partial charge on any atom is -0.463 e. The van der Waals surface area contributed by atoms with Crippen molar-refractivity contribution in [1.82, 2.24) is 15.0 Å². The number of benzene rings is 2. The summed E-state index contributed by atoms with van der Waals surface area (Å²) < 4.78 is 17.4. The van der Waals surface area contributed by atoms with Crippen molar-refractivity contribution in [2.24, 2.45) is 0 Å². The van der Waals surface area contributed by atoms with Crippen molar-refractivity contribution in [3.63, 3.8) is 0 Å². The van der Waals surface area contributed by atoms with Crippen molar-refractivity contribution >= 4 is 16.7 Å². The molecule has 0 atom stereocenters. The third kappa shape index (κ3) is 3.42. The second-order valence-electron chi connectivity index (χ2n) is 5.90. The lowest BCUT2D eigenvalue weighted by Gasteiger charge is -2.11. The summed E-state index contributed by atoms with van der Waals surface area (Å²) in [5.74, 6) is 1.84. The Balaban J connectivity index is 1.82. The van der Waals surface area contributed by atoms with E-state index < -0.39 is 6.86 Å². The monoisotopic (exact) mass is 360 g/mol. The third-order valence-corrected chi connectivity index (χ3v) is 4.24. The van der Waals surface area contributed by atoms with E-state index in [9.17, 15) is 4.39 Å². The second kappa shape index (κ2) is 7.37. The third-order valence-electron chi connectivity index (χ3n) is 4.24. The van der Waals surface area contributed by atoms with Crippen LogP contribution >= 0.6 is 0 Å². The Hall–Kier alpha value is -3.54. The summed E-state index contributed by atoms with van der Waals surface area (Å²) in [7, 11) is 1.83. The van der Waals surface area contributed by atoms with E-state index in [0.29, 0.717) is 11.6 Å². The Morgan fingerprint density at radius 2 is 1.81 bits per heavy atom. The van der Waals surface area contributed by atoms with Crippen LogP contribution in [0.4, 0.5) is 10.2 Å². The van der Waals surface area contributed by atoms with Crippen LogP contribution in [-0.4, -0.2) is 28.9 Å². The van der Waals surface area contributed by atoms with Gasteiger partial charge in [-0.3, -0.25) is 4.98 Å². The molecule has 4 aromatic rings. The molecule has 2 aromatic carbocycles. The van der Waals surface area contributed by atoms with Crippen LogP contribution in [0.15, 0.2) is 67.0 Å². The lowest BCUT2D eigenvalue weighted by atomic mass is 10.0. The van der Waals surface area contributed by atoms with Gasteiger partial charge < -0.3 is 10.1 Å². The summed E-state index contributed by atoms with van der Waals surface area (Å²) >= 11 is 0. The fourth-order valence-corrected chi connectivity index (χ4v) is 2.95. The Morgan fingerprint density at radius 1 is 0.963 bits per heavy atom. The molecule has 0 radical (unpaired) electrons. The highest BCUT2D eigenvalue weighted by Crippen LogP contribution is 2.30. The normalized spacial score (nSPS) is 10.7. The van der Waals surface area contributed by atoms with Crippen molar-refractivity contribution in [2.75, 3.05) is 19.2 Å². The van der Waals surface area contributed by atoms with Crippen molar-refractivity contribution in [2.45, 2.75) is 0 Å². The van der Waals surface area contributed by atoms with Crippen molar-refractivity contribution in [1.29, 1.82) is 0 Å². The number of aromatic nitrogens is 3. The van der Waals surface area contributed by atoms with Gasteiger partial charge in [-0.05, 0) is 47.5 Å². The van der Waals surface area contributed by atoms with Gasteiger partial charge in [0.15, 0.2) is 5.82 Å². The van der Waals surface area contributed by atoms with E-state index in [1.54, 1.807) is 18.5 Å². The van der Waals surface area contributed by atoms with Gasteiger partial charge in [0.05, 0.1) is 5.52 Å². The number of nitrogens with one attached hydrogen (secondary N) is 1. The van der Waals surface area contributed by atoms with Crippen LogP contribution in [0.3, 0.4) is 0 Å². The number of alkyl halides is 1. The smallest absolute Gasteiger partial charge is 0.228 e. The molecule has 0 unspecified atom stereocenters. The molecule has 0 bridgehead atoms. The fraction of sp³-hybridized carbons (Fsp3) is 0.0952. The lowest BCUT2D eigenvalue weighted by molar-refractivity contribution is 0.192. The van der Waals surface area contributed by atoms with Gasteiger partial charge in [-0.2, -0.15) is 0 Å². The molecule has 0 aliphatic rings. The summed E-state index contributed by atoms with van der Waals surface area (Å²) in [6.07, 6.45) is 3.46. The molecule has 2 aromatic heterocycles. The first kappa shape index (κ1) is 16.9. The Kier molecular flexibility index (Phi) is 4.61. The maximum absolute atomic E-state index is 12.4. The van der Waals surface area contributed by atoms with Gasteiger partial charge in [0, 0.05) is 30.4 Å². The van der Waals surface area contributed by atoms with E-state index >= 15 is 0 Å². The number of pyridine rings is 1. The lowest BCUT2D eigenvalue weighted by Crippen LogP contribution is -1.99. The average Bonchev–Trinajstić information content (AvgIpc) is 2.73. The highest BCUT2D eigenvalue weighted by molar-refractivity contribution is 5.93. The van der Waals surface area contributed by atoms with Gasteiger partial charge in [0.25, 0.3) is 0 Å². The van der Waals surface area contributed by atoms with E-state index in [2.05, 4.69) is 20.3 Å². The molecule has 0 aliphatic carbocycles. The predicted molar refractivity (Wildman–Crippen MR) is 104 cm³/mol.